The fraction of sp³-hybridized carbons (Fsp3) is 0.350. The zero-order chi connectivity index (χ0) is 19.9. The highest BCUT2D eigenvalue weighted by Crippen LogP contribution is 2.16. The van der Waals surface area contributed by atoms with Crippen LogP contribution in [0.2, 0.25) is 0 Å². The average molecular weight is 403 g/mol. The number of nitrogens with zero attached hydrogens (tertiary/aromatic N) is 1. The standard InChI is InChI=1S/C20H22FN3O3S/c21-16-5-2-1-4-15(16)20(27)24-11-8-14(9-12-24)23-18(25)7-10-22-19(26)17-6-3-13-28-17/h1-6,13-14H,7-12H2,(H,22,26)(H,23,25). The van der Waals surface area contributed by atoms with Gasteiger partial charge in [-0.2, -0.15) is 0 Å². The van der Waals surface area contributed by atoms with Gasteiger partial charge in [-0.25, -0.2) is 4.39 Å². The number of piperidine rings is 1. The SMILES string of the molecule is O=C(CCNC(=O)c1cccs1)NC1CCN(C(=O)c2ccccc2F)CC1. The van der Waals surface area contributed by atoms with Crippen LogP contribution in [0.5, 0.6) is 0 Å². The highest BCUT2D eigenvalue weighted by molar-refractivity contribution is 7.12. The summed E-state index contributed by atoms with van der Waals surface area (Å²) < 4.78 is 13.8. The summed E-state index contributed by atoms with van der Waals surface area (Å²) in [5.41, 5.74) is 0.0754. The Hall–Kier alpha value is -2.74. The van der Waals surface area contributed by atoms with Gasteiger partial charge in [0.15, 0.2) is 0 Å². The van der Waals surface area contributed by atoms with E-state index in [1.54, 1.807) is 29.2 Å². The summed E-state index contributed by atoms with van der Waals surface area (Å²) in [6, 6.07) is 9.46. The second-order valence-electron chi connectivity index (χ2n) is 6.60. The van der Waals surface area contributed by atoms with Gasteiger partial charge in [0.2, 0.25) is 5.91 Å². The van der Waals surface area contributed by atoms with Crippen molar-refractivity contribution >= 4 is 29.1 Å². The smallest absolute Gasteiger partial charge is 0.261 e. The van der Waals surface area contributed by atoms with Crippen LogP contribution in [0.1, 0.15) is 39.3 Å². The fourth-order valence-corrected chi connectivity index (χ4v) is 3.76. The maximum atomic E-state index is 13.8. The molecule has 1 saturated heterocycles. The molecule has 0 aliphatic carbocycles. The van der Waals surface area contributed by atoms with Crippen LogP contribution in [-0.4, -0.2) is 48.3 Å². The number of halogens is 1. The number of carbonyl (C=O) groups is 3. The molecule has 1 aromatic heterocycles. The summed E-state index contributed by atoms with van der Waals surface area (Å²) in [7, 11) is 0. The summed E-state index contributed by atoms with van der Waals surface area (Å²) in [6.45, 7) is 1.20. The van der Waals surface area contributed by atoms with Gasteiger partial charge in [0.05, 0.1) is 10.4 Å². The van der Waals surface area contributed by atoms with Gasteiger partial charge in [-0.05, 0) is 36.4 Å². The van der Waals surface area contributed by atoms with E-state index >= 15 is 0 Å². The van der Waals surface area contributed by atoms with Crippen molar-refractivity contribution in [1.29, 1.82) is 0 Å². The number of nitrogens with one attached hydrogen (secondary N) is 2. The molecular weight excluding hydrogens is 381 g/mol. The molecule has 2 N–H and O–H groups in total. The summed E-state index contributed by atoms with van der Waals surface area (Å²) >= 11 is 1.35. The quantitative estimate of drug-likeness (QED) is 0.778. The molecule has 3 amide bonds. The van der Waals surface area contributed by atoms with E-state index in [2.05, 4.69) is 10.6 Å². The van der Waals surface area contributed by atoms with Crippen LogP contribution in [0.3, 0.4) is 0 Å². The Balaban J connectivity index is 1.38. The van der Waals surface area contributed by atoms with Crippen LogP contribution in [-0.2, 0) is 4.79 Å². The first-order chi connectivity index (χ1) is 13.5. The van der Waals surface area contributed by atoms with Crippen LogP contribution in [0, 0.1) is 5.82 Å². The lowest BCUT2D eigenvalue weighted by molar-refractivity contribution is -0.121. The Morgan fingerprint density at radius 3 is 2.54 bits per heavy atom. The van der Waals surface area contributed by atoms with Crippen LogP contribution in [0.25, 0.3) is 0 Å². The van der Waals surface area contributed by atoms with E-state index in [1.807, 2.05) is 5.38 Å². The van der Waals surface area contributed by atoms with E-state index in [9.17, 15) is 18.8 Å². The van der Waals surface area contributed by atoms with Crippen molar-refractivity contribution in [2.75, 3.05) is 19.6 Å². The molecule has 28 heavy (non-hydrogen) atoms. The second kappa shape index (κ2) is 9.45. The molecule has 0 bridgehead atoms. The van der Waals surface area contributed by atoms with E-state index in [1.165, 1.54) is 23.5 Å². The van der Waals surface area contributed by atoms with Crippen LogP contribution in [0.15, 0.2) is 41.8 Å². The molecule has 1 aromatic carbocycles. The molecule has 1 aliphatic rings. The lowest BCUT2D eigenvalue weighted by atomic mass is 10.0. The normalized spacial score (nSPS) is 14.5. The lowest BCUT2D eigenvalue weighted by Crippen LogP contribution is -2.47. The molecular formula is C20H22FN3O3S. The van der Waals surface area contributed by atoms with Crippen molar-refractivity contribution < 1.29 is 18.8 Å². The number of likely N-dealkylation sites (tertiary alicyclic amines) is 1. The fourth-order valence-electron chi connectivity index (χ4n) is 3.12. The molecule has 2 heterocycles. The Morgan fingerprint density at radius 1 is 1.11 bits per heavy atom. The average Bonchev–Trinajstić information content (AvgIpc) is 3.23. The maximum absolute atomic E-state index is 13.8. The van der Waals surface area contributed by atoms with E-state index < -0.39 is 5.82 Å². The van der Waals surface area contributed by atoms with Crippen molar-refractivity contribution in [3.8, 4) is 0 Å². The monoisotopic (exact) mass is 403 g/mol. The van der Waals surface area contributed by atoms with Crippen LogP contribution in [0.4, 0.5) is 4.39 Å². The highest BCUT2D eigenvalue weighted by atomic mass is 32.1. The van der Waals surface area contributed by atoms with Gasteiger partial charge in [0.1, 0.15) is 5.82 Å². The van der Waals surface area contributed by atoms with E-state index in [0.29, 0.717) is 30.8 Å². The molecule has 0 atom stereocenters. The number of hydrogen-bond donors (Lipinski definition) is 2. The van der Waals surface area contributed by atoms with Gasteiger partial charge in [0.25, 0.3) is 11.8 Å². The molecule has 0 radical (unpaired) electrons. The Bertz CT molecular complexity index is 833. The highest BCUT2D eigenvalue weighted by Gasteiger charge is 2.25. The van der Waals surface area contributed by atoms with Crippen molar-refractivity contribution in [3.63, 3.8) is 0 Å². The lowest BCUT2D eigenvalue weighted by Gasteiger charge is -2.32. The van der Waals surface area contributed by atoms with Crippen molar-refractivity contribution in [1.82, 2.24) is 15.5 Å². The van der Waals surface area contributed by atoms with Gasteiger partial charge in [-0.1, -0.05) is 18.2 Å². The van der Waals surface area contributed by atoms with Gasteiger partial charge < -0.3 is 15.5 Å². The van der Waals surface area contributed by atoms with Gasteiger partial charge in [-0.15, -0.1) is 11.3 Å². The molecule has 148 valence electrons. The summed E-state index contributed by atoms with van der Waals surface area (Å²) in [5, 5.41) is 7.48. The number of amides is 3. The molecule has 6 nitrogen and oxygen atoms in total. The van der Waals surface area contributed by atoms with Crippen molar-refractivity contribution in [2.45, 2.75) is 25.3 Å². The molecule has 2 aromatic rings. The van der Waals surface area contributed by atoms with Gasteiger partial charge in [-0.3, -0.25) is 14.4 Å². The van der Waals surface area contributed by atoms with Crippen molar-refractivity contribution in [2.24, 2.45) is 0 Å². The third kappa shape index (κ3) is 5.16. The molecule has 8 heteroatoms. The zero-order valence-electron chi connectivity index (χ0n) is 15.3. The number of rotatable bonds is 6. The van der Waals surface area contributed by atoms with Crippen molar-refractivity contribution in [3.05, 3.63) is 58.0 Å². The third-order valence-electron chi connectivity index (χ3n) is 4.63. The Morgan fingerprint density at radius 2 is 1.86 bits per heavy atom. The van der Waals surface area contributed by atoms with E-state index in [-0.39, 0.29) is 42.3 Å². The minimum atomic E-state index is -0.521. The Labute approximate surface area is 166 Å². The largest absolute Gasteiger partial charge is 0.353 e. The van der Waals surface area contributed by atoms with E-state index in [4.69, 9.17) is 0 Å². The van der Waals surface area contributed by atoms with E-state index in [0.717, 1.165) is 0 Å². The van der Waals surface area contributed by atoms with Gasteiger partial charge >= 0.3 is 0 Å². The van der Waals surface area contributed by atoms with Crippen LogP contribution >= 0.6 is 11.3 Å². The predicted molar refractivity (Wildman–Crippen MR) is 105 cm³/mol. The molecule has 0 spiro atoms. The van der Waals surface area contributed by atoms with Gasteiger partial charge in [0, 0.05) is 32.1 Å². The van der Waals surface area contributed by atoms with Crippen LogP contribution < -0.4 is 10.6 Å². The second-order valence-corrected chi connectivity index (χ2v) is 7.54. The summed E-state index contributed by atoms with van der Waals surface area (Å²) in [6.07, 6.45) is 1.44. The molecule has 3 rings (SSSR count). The molecule has 1 fully saturated rings. The number of thiophene rings is 1. The first-order valence-corrected chi connectivity index (χ1v) is 10.1. The first kappa shape index (κ1) is 20.0. The molecule has 1 aliphatic heterocycles. The third-order valence-corrected chi connectivity index (χ3v) is 5.50. The Kier molecular flexibility index (Phi) is 6.76. The number of benzene rings is 1. The summed E-state index contributed by atoms with van der Waals surface area (Å²) in [4.78, 5) is 38.5. The first-order valence-electron chi connectivity index (χ1n) is 9.19. The summed E-state index contributed by atoms with van der Waals surface area (Å²) in [5.74, 6) is -1.15. The number of carbonyl (C=O) groups excluding carboxylic acids is 3. The molecule has 0 unspecified atom stereocenters. The number of hydrogen-bond acceptors (Lipinski definition) is 4. The minimum absolute atomic E-state index is 0.0230. The molecule has 0 saturated carbocycles. The predicted octanol–water partition coefficient (Wildman–Crippen LogP) is 2.43. The minimum Gasteiger partial charge on any atom is -0.353 e. The zero-order valence-corrected chi connectivity index (χ0v) is 16.1. The maximum Gasteiger partial charge on any atom is 0.261 e. The topological polar surface area (TPSA) is 78.5 Å².